The third kappa shape index (κ3) is 2.63. The molecule has 1 heterocycles. The number of rotatable bonds is 3. The van der Waals surface area contributed by atoms with Gasteiger partial charge in [-0.1, -0.05) is 29.9 Å². The molecule has 1 aromatic heterocycles. The van der Waals surface area contributed by atoms with Gasteiger partial charge in [-0.15, -0.1) is 0 Å². The predicted molar refractivity (Wildman–Crippen MR) is 91.4 cm³/mol. The number of nitrogens with zero attached hydrogens (tertiary/aromatic N) is 2. The Hall–Kier alpha value is -1.94. The normalized spacial score (nSPS) is 13.0. The summed E-state index contributed by atoms with van der Waals surface area (Å²) in [7, 11) is 2.01. The second-order valence-electron chi connectivity index (χ2n) is 5.58. The summed E-state index contributed by atoms with van der Waals surface area (Å²) in [6.07, 6.45) is 3.28. The third-order valence-corrected chi connectivity index (χ3v) is 4.26. The van der Waals surface area contributed by atoms with Crippen LogP contribution in [0.1, 0.15) is 28.8 Å². The second-order valence-corrected chi connectivity index (χ2v) is 6.02. The number of anilines is 2. The monoisotopic (exact) mass is 297 g/mol. The molecule has 108 valence electrons. The minimum Gasteiger partial charge on any atom is -0.389 e. The van der Waals surface area contributed by atoms with Gasteiger partial charge in [0.15, 0.2) is 0 Å². The van der Waals surface area contributed by atoms with E-state index in [1.807, 2.05) is 7.05 Å². The van der Waals surface area contributed by atoms with Gasteiger partial charge in [0, 0.05) is 18.4 Å². The molecule has 1 aliphatic carbocycles. The van der Waals surface area contributed by atoms with E-state index in [2.05, 4.69) is 42.2 Å². The summed E-state index contributed by atoms with van der Waals surface area (Å²) in [6, 6.07) is 10.5. The predicted octanol–water partition coefficient (Wildman–Crippen LogP) is 3.28. The summed E-state index contributed by atoms with van der Waals surface area (Å²) in [5.41, 5.74) is 11.6. The first-order valence-corrected chi connectivity index (χ1v) is 7.60. The lowest BCUT2D eigenvalue weighted by Gasteiger charge is -2.22. The SMILES string of the molecule is Cc1ccc(N(C)c2nc3c(cc2C(N)=S)CCC3)cc1. The molecule has 0 saturated carbocycles. The van der Waals surface area contributed by atoms with Crippen LogP contribution >= 0.6 is 12.2 Å². The number of aromatic nitrogens is 1. The topological polar surface area (TPSA) is 42.2 Å². The van der Waals surface area contributed by atoms with Gasteiger partial charge in [-0.2, -0.15) is 0 Å². The van der Waals surface area contributed by atoms with Crippen molar-refractivity contribution < 1.29 is 0 Å². The maximum absolute atomic E-state index is 5.91. The Bertz CT molecular complexity index is 692. The van der Waals surface area contributed by atoms with Gasteiger partial charge < -0.3 is 10.6 Å². The number of hydrogen-bond acceptors (Lipinski definition) is 3. The lowest BCUT2D eigenvalue weighted by atomic mass is 10.1. The highest BCUT2D eigenvalue weighted by atomic mass is 32.1. The van der Waals surface area contributed by atoms with Crippen molar-refractivity contribution in [1.29, 1.82) is 0 Å². The first-order chi connectivity index (χ1) is 10.1. The summed E-state index contributed by atoms with van der Waals surface area (Å²) >= 11 is 5.22. The van der Waals surface area contributed by atoms with E-state index in [1.165, 1.54) is 16.8 Å². The van der Waals surface area contributed by atoms with Gasteiger partial charge in [-0.3, -0.25) is 0 Å². The molecule has 2 N–H and O–H groups in total. The van der Waals surface area contributed by atoms with Crippen LogP contribution in [0.15, 0.2) is 30.3 Å². The highest BCUT2D eigenvalue weighted by Gasteiger charge is 2.20. The molecule has 3 rings (SSSR count). The van der Waals surface area contributed by atoms with Crippen molar-refractivity contribution in [3.8, 4) is 0 Å². The minimum atomic E-state index is 0.408. The van der Waals surface area contributed by atoms with Crippen molar-refractivity contribution in [3.05, 3.63) is 52.7 Å². The first-order valence-electron chi connectivity index (χ1n) is 7.19. The zero-order chi connectivity index (χ0) is 15.0. The van der Waals surface area contributed by atoms with Crippen LogP contribution in [0.25, 0.3) is 0 Å². The number of pyridine rings is 1. The van der Waals surface area contributed by atoms with Crippen LogP contribution < -0.4 is 10.6 Å². The van der Waals surface area contributed by atoms with Crippen LogP contribution in [-0.4, -0.2) is 17.0 Å². The zero-order valence-corrected chi connectivity index (χ0v) is 13.2. The van der Waals surface area contributed by atoms with E-state index in [1.54, 1.807) is 0 Å². The summed E-state index contributed by atoms with van der Waals surface area (Å²) in [5, 5.41) is 0. The largest absolute Gasteiger partial charge is 0.389 e. The Kier molecular flexibility index (Phi) is 3.64. The Morgan fingerprint density at radius 1 is 1.24 bits per heavy atom. The molecule has 1 aromatic carbocycles. The Morgan fingerprint density at radius 3 is 2.62 bits per heavy atom. The molecule has 3 nitrogen and oxygen atoms in total. The second kappa shape index (κ2) is 5.45. The van der Waals surface area contributed by atoms with Crippen molar-refractivity contribution >= 4 is 28.7 Å². The molecule has 0 bridgehead atoms. The zero-order valence-electron chi connectivity index (χ0n) is 12.4. The van der Waals surface area contributed by atoms with Crippen LogP contribution in [0.3, 0.4) is 0 Å². The van der Waals surface area contributed by atoms with Crippen molar-refractivity contribution in [1.82, 2.24) is 4.98 Å². The molecule has 2 aromatic rings. The third-order valence-electron chi connectivity index (χ3n) is 4.04. The number of fused-ring (bicyclic) bond motifs is 1. The standard InChI is InChI=1S/C17H19N3S/c1-11-6-8-13(9-7-11)20(2)17-14(16(18)21)10-12-4-3-5-15(12)19-17/h6-10H,3-5H2,1-2H3,(H2,18,21). The van der Waals surface area contributed by atoms with E-state index in [-0.39, 0.29) is 0 Å². The summed E-state index contributed by atoms with van der Waals surface area (Å²) in [5.74, 6) is 0.854. The van der Waals surface area contributed by atoms with Crippen molar-refractivity contribution in [3.63, 3.8) is 0 Å². The first kappa shape index (κ1) is 14.0. The van der Waals surface area contributed by atoms with E-state index in [9.17, 15) is 0 Å². The summed E-state index contributed by atoms with van der Waals surface area (Å²) < 4.78 is 0. The molecule has 0 saturated heterocycles. The molecule has 0 aliphatic heterocycles. The lowest BCUT2D eigenvalue weighted by Crippen LogP contribution is -2.20. The molecule has 1 aliphatic rings. The number of aryl methyl sites for hydroxylation is 3. The van der Waals surface area contributed by atoms with Crippen LogP contribution in [0.2, 0.25) is 0 Å². The molecular formula is C17H19N3S. The highest BCUT2D eigenvalue weighted by molar-refractivity contribution is 7.80. The van der Waals surface area contributed by atoms with E-state index < -0.39 is 0 Å². The van der Waals surface area contributed by atoms with Crippen molar-refractivity contribution in [2.75, 3.05) is 11.9 Å². The molecule has 0 unspecified atom stereocenters. The van der Waals surface area contributed by atoms with Crippen LogP contribution in [-0.2, 0) is 12.8 Å². The van der Waals surface area contributed by atoms with Gasteiger partial charge in [0.05, 0.1) is 5.56 Å². The molecule has 21 heavy (non-hydrogen) atoms. The fourth-order valence-corrected chi connectivity index (χ4v) is 2.94. The van der Waals surface area contributed by atoms with E-state index in [0.29, 0.717) is 4.99 Å². The highest BCUT2D eigenvalue weighted by Crippen LogP contribution is 2.30. The smallest absolute Gasteiger partial charge is 0.143 e. The molecule has 0 atom stereocenters. The maximum Gasteiger partial charge on any atom is 0.143 e. The maximum atomic E-state index is 5.91. The number of nitrogens with two attached hydrogens (primary N) is 1. The summed E-state index contributed by atoms with van der Waals surface area (Å²) in [6.45, 7) is 2.08. The van der Waals surface area contributed by atoms with Crippen LogP contribution in [0.4, 0.5) is 11.5 Å². The van der Waals surface area contributed by atoms with E-state index in [0.717, 1.165) is 36.3 Å². The summed E-state index contributed by atoms with van der Waals surface area (Å²) in [4.78, 5) is 7.30. The molecular weight excluding hydrogens is 278 g/mol. The number of thiocarbonyl (C=S) groups is 1. The van der Waals surface area contributed by atoms with Gasteiger partial charge in [-0.25, -0.2) is 4.98 Å². The Labute approximate surface area is 130 Å². The van der Waals surface area contributed by atoms with Gasteiger partial charge in [0.2, 0.25) is 0 Å². The van der Waals surface area contributed by atoms with E-state index >= 15 is 0 Å². The Morgan fingerprint density at radius 2 is 1.95 bits per heavy atom. The average molecular weight is 297 g/mol. The fourth-order valence-electron chi connectivity index (χ4n) is 2.79. The molecule has 0 radical (unpaired) electrons. The average Bonchev–Trinajstić information content (AvgIpc) is 2.93. The number of hydrogen-bond donors (Lipinski definition) is 1. The van der Waals surface area contributed by atoms with E-state index in [4.69, 9.17) is 22.9 Å². The Balaban J connectivity index is 2.08. The van der Waals surface area contributed by atoms with Gasteiger partial charge in [0.25, 0.3) is 0 Å². The van der Waals surface area contributed by atoms with Gasteiger partial charge >= 0.3 is 0 Å². The van der Waals surface area contributed by atoms with Crippen molar-refractivity contribution in [2.24, 2.45) is 5.73 Å². The van der Waals surface area contributed by atoms with Crippen LogP contribution in [0, 0.1) is 6.92 Å². The quantitative estimate of drug-likeness (QED) is 0.883. The minimum absolute atomic E-state index is 0.408. The van der Waals surface area contributed by atoms with Gasteiger partial charge in [0.1, 0.15) is 10.8 Å². The van der Waals surface area contributed by atoms with Crippen molar-refractivity contribution in [2.45, 2.75) is 26.2 Å². The van der Waals surface area contributed by atoms with Gasteiger partial charge in [-0.05, 0) is 49.9 Å². The molecule has 0 fully saturated rings. The lowest BCUT2D eigenvalue weighted by molar-refractivity contribution is 0.898. The number of benzene rings is 1. The molecule has 0 amide bonds. The van der Waals surface area contributed by atoms with Crippen LogP contribution in [0.5, 0.6) is 0 Å². The fraction of sp³-hybridized carbons (Fsp3) is 0.294. The molecule has 4 heteroatoms. The molecule has 0 spiro atoms.